The number of fused-ring (bicyclic) bond motifs is 8. The zero-order chi connectivity index (χ0) is 52.0. The molecule has 4 heterocycles. The fourth-order valence-electron chi connectivity index (χ4n) is 13.0. The van der Waals surface area contributed by atoms with E-state index in [-0.39, 0.29) is 13.4 Å². The first-order valence-electron chi connectivity index (χ1n) is 27.1. The minimum absolute atomic E-state index is 0.151. The Kier molecular flexibility index (Phi) is 10.4. The highest BCUT2D eigenvalue weighted by molar-refractivity contribution is 7.02. The Hall–Kier alpha value is -10.2. The summed E-state index contributed by atoms with van der Waals surface area (Å²) in [5.74, 6) is 3.21. The molecule has 0 aliphatic carbocycles. The summed E-state index contributed by atoms with van der Waals surface area (Å²) in [7, 11) is 0. The van der Waals surface area contributed by atoms with Gasteiger partial charge in [0.25, 0.3) is 13.4 Å². The van der Waals surface area contributed by atoms with Gasteiger partial charge in [0.15, 0.2) is 0 Å². The van der Waals surface area contributed by atoms with Gasteiger partial charge in [-0.1, -0.05) is 206 Å². The third kappa shape index (κ3) is 7.20. The first-order chi connectivity index (χ1) is 39.2. The molecule has 0 unspecified atom stereocenters. The van der Waals surface area contributed by atoms with E-state index in [4.69, 9.17) is 9.47 Å². The molecule has 0 aromatic heterocycles. The monoisotopic (exact) mass is 1010 g/mol. The predicted octanol–water partition coefficient (Wildman–Crippen LogP) is 15.0. The van der Waals surface area contributed by atoms with E-state index in [1.54, 1.807) is 0 Å². The summed E-state index contributed by atoms with van der Waals surface area (Å²) in [4.78, 5) is 7.29. The summed E-state index contributed by atoms with van der Waals surface area (Å²) in [6.07, 6.45) is 0. The molecular formula is C72H47B2N3O2. The molecular weight excluding hydrogens is 960 g/mol. The number of ether oxygens (including phenoxy) is 2. The Labute approximate surface area is 460 Å². The molecule has 12 aromatic rings. The third-order valence-electron chi connectivity index (χ3n) is 16.3. The third-order valence-corrected chi connectivity index (χ3v) is 16.3. The molecule has 0 radical (unpaired) electrons. The lowest BCUT2D eigenvalue weighted by Crippen LogP contribution is -2.63. The molecule has 0 amide bonds. The molecule has 7 heteroatoms. The van der Waals surface area contributed by atoms with Crippen molar-refractivity contribution in [3.63, 3.8) is 0 Å². The van der Waals surface area contributed by atoms with Gasteiger partial charge in [0, 0.05) is 57.4 Å². The number of para-hydroxylation sites is 6. The van der Waals surface area contributed by atoms with E-state index >= 15 is 0 Å². The van der Waals surface area contributed by atoms with Crippen LogP contribution in [0.1, 0.15) is 0 Å². The van der Waals surface area contributed by atoms with Gasteiger partial charge in [0.05, 0.1) is 17.1 Å². The van der Waals surface area contributed by atoms with Gasteiger partial charge in [-0.3, -0.25) is 0 Å². The Morgan fingerprint density at radius 1 is 0.253 bits per heavy atom. The fourth-order valence-corrected chi connectivity index (χ4v) is 13.0. The van der Waals surface area contributed by atoms with E-state index in [0.717, 1.165) is 129 Å². The van der Waals surface area contributed by atoms with Crippen LogP contribution < -0.4 is 57.0 Å². The Bertz CT molecular complexity index is 4310. The Balaban J connectivity index is 0.936. The largest absolute Gasteiger partial charge is 0.458 e. The second kappa shape index (κ2) is 18.2. The van der Waals surface area contributed by atoms with Crippen molar-refractivity contribution in [2.45, 2.75) is 0 Å². The second-order valence-corrected chi connectivity index (χ2v) is 20.7. The lowest BCUT2D eigenvalue weighted by molar-refractivity contribution is 0.466. The van der Waals surface area contributed by atoms with Crippen molar-refractivity contribution < 1.29 is 9.47 Å². The molecule has 12 aromatic carbocycles. The molecule has 368 valence electrons. The van der Waals surface area contributed by atoms with Crippen LogP contribution in [0.2, 0.25) is 0 Å². The van der Waals surface area contributed by atoms with Crippen LogP contribution in [0.3, 0.4) is 0 Å². The number of nitrogens with zero attached hydrogens (tertiary/aromatic N) is 3. The summed E-state index contributed by atoms with van der Waals surface area (Å²) >= 11 is 0. The van der Waals surface area contributed by atoms with Crippen molar-refractivity contribution in [1.29, 1.82) is 0 Å². The topological polar surface area (TPSA) is 28.2 Å². The summed E-state index contributed by atoms with van der Waals surface area (Å²) in [6.45, 7) is -0.331. The molecule has 0 saturated heterocycles. The van der Waals surface area contributed by atoms with Crippen LogP contribution in [0.5, 0.6) is 23.0 Å². The summed E-state index contributed by atoms with van der Waals surface area (Å²) < 4.78 is 14.9. The van der Waals surface area contributed by atoms with Crippen LogP contribution >= 0.6 is 0 Å². The maximum absolute atomic E-state index is 7.51. The zero-order valence-electron chi connectivity index (χ0n) is 42.9. The van der Waals surface area contributed by atoms with Crippen molar-refractivity contribution in [1.82, 2.24) is 0 Å². The highest BCUT2D eigenvalue weighted by Crippen LogP contribution is 2.50. The maximum atomic E-state index is 7.51. The van der Waals surface area contributed by atoms with Gasteiger partial charge >= 0.3 is 0 Å². The SMILES string of the molecule is c1ccc(-c2cc3c4c(c2)N(c2ccccc2-c2ccccc2)c2ccccc2B4c2cc4c(cc2O3)Oc2cc(N(c3ccccc3)c3ccccc3)cc3c2B4c2ccccc2N3c2ccccc2-c2ccccc2)cc1. The normalized spacial score (nSPS) is 12.9. The van der Waals surface area contributed by atoms with Crippen molar-refractivity contribution in [3.05, 3.63) is 285 Å². The molecule has 4 aliphatic rings. The van der Waals surface area contributed by atoms with Gasteiger partial charge in [-0.05, 0) is 122 Å². The molecule has 79 heavy (non-hydrogen) atoms. The maximum Gasteiger partial charge on any atom is 0.256 e. The smallest absolute Gasteiger partial charge is 0.256 e. The second-order valence-electron chi connectivity index (χ2n) is 20.7. The van der Waals surface area contributed by atoms with Crippen LogP contribution in [0.15, 0.2) is 285 Å². The molecule has 0 atom stereocenters. The van der Waals surface area contributed by atoms with Gasteiger partial charge < -0.3 is 24.2 Å². The Morgan fingerprint density at radius 3 is 1.14 bits per heavy atom. The Morgan fingerprint density at radius 2 is 0.646 bits per heavy atom. The van der Waals surface area contributed by atoms with Crippen molar-refractivity contribution in [2.75, 3.05) is 14.7 Å². The highest BCUT2D eigenvalue weighted by Gasteiger charge is 2.47. The molecule has 0 N–H and O–H groups in total. The van der Waals surface area contributed by atoms with Crippen LogP contribution in [0.25, 0.3) is 33.4 Å². The number of rotatable bonds is 8. The fraction of sp³-hybridized carbons (Fsp3) is 0. The number of anilines is 9. The number of hydrogen-bond donors (Lipinski definition) is 0. The first-order valence-corrected chi connectivity index (χ1v) is 27.1. The highest BCUT2D eigenvalue weighted by atomic mass is 16.5. The van der Waals surface area contributed by atoms with E-state index in [9.17, 15) is 0 Å². The van der Waals surface area contributed by atoms with Crippen LogP contribution in [-0.4, -0.2) is 13.4 Å². The van der Waals surface area contributed by atoms with E-state index < -0.39 is 0 Å². The molecule has 4 aliphatic heterocycles. The van der Waals surface area contributed by atoms with Crippen molar-refractivity contribution >= 4 is 97.4 Å². The summed E-state index contributed by atoms with van der Waals surface area (Å²) in [5.41, 5.74) is 23.4. The van der Waals surface area contributed by atoms with Gasteiger partial charge in [-0.15, -0.1) is 0 Å². The van der Waals surface area contributed by atoms with Gasteiger partial charge in [0.1, 0.15) is 23.0 Å². The average Bonchev–Trinajstić information content (AvgIpc) is 3.34. The van der Waals surface area contributed by atoms with Crippen molar-refractivity contribution in [2.24, 2.45) is 0 Å². The molecule has 0 saturated carbocycles. The number of benzene rings is 12. The summed E-state index contributed by atoms with van der Waals surface area (Å²) in [6, 6.07) is 103. The summed E-state index contributed by atoms with van der Waals surface area (Å²) in [5, 5.41) is 0. The van der Waals surface area contributed by atoms with Gasteiger partial charge in [-0.25, -0.2) is 0 Å². The lowest BCUT2D eigenvalue weighted by Gasteiger charge is -2.43. The molecule has 0 fully saturated rings. The lowest BCUT2D eigenvalue weighted by atomic mass is 9.31. The molecule has 16 rings (SSSR count). The van der Waals surface area contributed by atoms with Crippen molar-refractivity contribution in [3.8, 4) is 56.4 Å². The standard InChI is InChI=1S/C72H47B2N3O2/c1-6-24-48(25-7-1)51-42-65-71-69(43-51)78-67-47-68-60(46-59(67)73(71)57-36-18-22-40-63(57)76(65)61-38-20-16-34-55(61)49-26-8-2-9-27-49)74-58-37-19-23-41-64(58)77(62-39-21-17-35-56(62)50-28-10-3-11-29-50)66-44-54(45-70(79-68)72(66)74)75(52-30-12-4-13-31-52)53-32-14-5-15-33-53/h1-47H. The zero-order valence-corrected chi connectivity index (χ0v) is 42.9. The molecule has 5 nitrogen and oxygen atoms in total. The first kappa shape index (κ1) is 45.0. The predicted molar refractivity (Wildman–Crippen MR) is 329 cm³/mol. The minimum Gasteiger partial charge on any atom is -0.458 e. The quantitative estimate of drug-likeness (QED) is 0.141. The van der Waals surface area contributed by atoms with E-state index in [0.29, 0.717) is 0 Å². The number of hydrogen-bond acceptors (Lipinski definition) is 5. The van der Waals surface area contributed by atoms with E-state index in [1.165, 1.54) is 10.9 Å². The van der Waals surface area contributed by atoms with Crippen LogP contribution in [0.4, 0.5) is 51.2 Å². The van der Waals surface area contributed by atoms with E-state index in [2.05, 4.69) is 300 Å². The van der Waals surface area contributed by atoms with E-state index in [1.807, 2.05) is 0 Å². The van der Waals surface area contributed by atoms with Gasteiger partial charge in [-0.2, -0.15) is 0 Å². The van der Waals surface area contributed by atoms with Crippen LogP contribution in [0, 0.1) is 0 Å². The average molecular weight is 1010 g/mol. The van der Waals surface area contributed by atoms with Gasteiger partial charge in [0.2, 0.25) is 0 Å². The minimum atomic E-state index is -0.180. The molecule has 0 bridgehead atoms. The van der Waals surface area contributed by atoms with Crippen LogP contribution in [-0.2, 0) is 0 Å². The molecule has 0 spiro atoms.